The zero-order chi connectivity index (χ0) is 14.3. The average Bonchev–Trinajstić information content (AvgIpc) is 2.76. The molecule has 0 spiro atoms. The molecule has 0 unspecified atom stereocenters. The molecule has 0 saturated carbocycles. The first-order chi connectivity index (χ1) is 9.56. The molecule has 102 valence electrons. The summed E-state index contributed by atoms with van der Waals surface area (Å²) in [5, 5.41) is 10.7. The maximum Gasteiger partial charge on any atom is 0.116 e. The van der Waals surface area contributed by atoms with E-state index in [1.54, 1.807) is 6.07 Å². The molecule has 0 bridgehead atoms. The number of rotatable bonds is 2. The van der Waals surface area contributed by atoms with Crippen LogP contribution in [0.4, 0.5) is 0 Å². The van der Waals surface area contributed by atoms with E-state index in [-0.39, 0.29) is 0 Å². The number of benzene rings is 2. The molecule has 3 rings (SSSR count). The highest BCUT2D eigenvalue weighted by Gasteiger charge is 2.08. The highest BCUT2D eigenvalue weighted by Crippen LogP contribution is 2.28. The predicted molar refractivity (Wildman–Crippen MR) is 83.8 cm³/mol. The Balaban J connectivity index is 2.14. The third-order valence-electron chi connectivity index (χ3n) is 3.83. The summed E-state index contributed by atoms with van der Waals surface area (Å²) < 4.78 is 2.17. The molecule has 1 heterocycles. The number of aromatic nitrogens is 1. The fraction of sp³-hybridized carbons (Fsp3) is 0.222. The van der Waals surface area contributed by atoms with Crippen molar-refractivity contribution in [3.8, 4) is 11.4 Å². The Morgan fingerprint density at radius 3 is 2.35 bits per heavy atom. The van der Waals surface area contributed by atoms with E-state index < -0.39 is 0 Å². The Labute approximate surface area is 119 Å². The van der Waals surface area contributed by atoms with Gasteiger partial charge >= 0.3 is 0 Å². The number of aromatic hydroxyl groups is 1. The number of hydrogen-bond acceptors (Lipinski definition) is 1. The monoisotopic (exact) mass is 265 g/mol. The summed E-state index contributed by atoms with van der Waals surface area (Å²) in [5.41, 5.74) is 4.79. The summed E-state index contributed by atoms with van der Waals surface area (Å²) in [7, 11) is 0. The lowest BCUT2D eigenvalue weighted by Gasteiger charge is -2.09. The maximum absolute atomic E-state index is 9.62. The van der Waals surface area contributed by atoms with E-state index >= 15 is 0 Å². The second-order valence-electron chi connectivity index (χ2n) is 5.63. The number of phenols is 1. The first-order valence-corrected chi connectivity index (χ1v) is 6.97. The van der Waals surface area contributed by atoms with Gasteiger partial charge in [-0.1, -0.05) is 26.0 Å². The molecule has 1 N–H and O–H groups in total. The van der Waals surface area contributed by atoms with Gasteiger partial charge in [0.05, 0.1) is 5.52 Å². The van der Waals surface area contributed by atoms with Crippen LogP contribution in [0.15, 0.2) is 48.7 Å². The highest BCUT2D eigenvalue weighted by molar-refractivity contribution is 5.86. The van der Waals surface area contributed by atoms with Gasteiger partial charge in [-0.25, -0.2) is 0 Å². The van der Waals surface area contributed by atoms with Gasteiger partial charge in [0.25, 0.3) is 0 Å². The molecule has 0 saturated heterocycles. The highest BCUT2D eigenvalue weighted by atomic mass is 16.3. The van der Waals surface area contributed by atoms with Gasteiger partial charge in [-0.2, -0.15) is 0 Å². The molecule has 1 aromatic heterocycles. The molecule has 3 aromatic rings. The van der Waals surface area contributed by atoms with Crippen molar-refractivity contribution in [1.29, 1.82) is 0 Å². The molecule has 2 heteroatoms. The van der Waals surface area contributed by atoms with Crippen LogP contribution in [0.2, 0.25) is 0 Å². The average molecular weight is 265 g/mol. The number of aryl methyl sites for hydroxylation is 1. The summed E-state index contributed by atoms with van der Waals surface area (Å²) in [4.78, 5) is 0. The smallest absolute Gasteiger partial charge is 0.116 e. The van der Waals surface area contributed by atoms with Crippen LogP contribution >= 0.6 is 0 Å². The quantitative estimate of drug-likeness (QED) is 0.709. The van der Waals surface area contributed by atoms with Crippen molar-refractivity contribution < 1.29 is 5.11 Å². The first kappa shape index (κ1) is 12.8. The minimum atomic E-state index is 0.313. The van der Waals surface area contributed by atoms with Crippen LogP contribution in [0.5, 0.6) is 5.75 Å². The largest absolute Gasteiger partial charge is 0.508 e. The van der Waals surface area contributed by atoms with E-state index in [0.717, 1.165) is 16.6 Å². The molecule has 2 nitrogen and oxygen atoms in total. The molecule has 0 fully saturated rings. The summed E-state index contributed by atoms with van der Waals surface area (Å²) in [5.74, 6) is 0.859. The van der Waals surface area contributed by atoms with Crippen LogP contribution in [0.3, 0.4) is 0 Å². The minimum Gasteiger partial charge on any atom is -0.508 e. The molecule has 0 aliphatic carbocycles. The van der Waals surface area contributed by atoms with Gasteiger partial charge in [-0.05, 0) is 54.3 Å². The Kier molecular flexibility index (Phi) is 3.01. The van der Waals surface area contributed by atoms with Crippen molar-refractivity contribution in [1.82, 2.24) is 4.57 Å². The van der Waals surface area contributed by atoms with Gasteiger partial charge in [-0.15, -0.1) is 0 Å². The number of nitrogens with zero attached hydrogens (tertiary/aromatic N) is 1. The lowest BCUT2D eigenvalue weighted by Crippen LogP contribution is -1.93. The molecular formula is C18H19NO. The van der Waals surface area contributed by atoms with Crippen LogP contribution in [0.1, 0.15) is 30.9 Å². The third kappa shape index (κ3) is 2.07. The minimum absolute atomic E-state index is 0.313. The molecular weight excluding hydrogens is 246 g/mol. The van der Waals surface area contributed by atoms with Gasteiger partial charge in [-0.3, -0.25) is 0 Å². The fourth-order valence-corrected chi connectivity index (χ4v) is 2.62. The van der Waals surface area contributed by atoms with Gasteiger partial charge in [0.2, 0.25) is 0 Å². The standard InChI is InChI=1S/C18H19NO/c1-12(2)14-4-6-15(7-5-14)19-11-13(3)17-10-16(20)8-9-18(17)19/h4-12,20H,1-3H3. The van der Waals surface area contributed by atoms with E-state index in [4.69, 9.17) is 0 Å². The summed E-state index contributed by atoms with van der Waals surface area (Å²) in [6, 6.07) is 14.2. The van der Waals surface area contributed by atoms with Gasteiger partial charge < -0.3 is 9.67 Å². The second kappa shape index (κ2) is 4.71. The normalized spacial score (nSPS) is 11.4. The topological polar surface area (TPSA) is 25.2 Å². The number of hydrogen-bond donors (Lipinski definition) is 1. The molecule has 0 atom stereocenters. The summed E-state index contributed by atoms with van der Waals surface area (Å²) in [6.45, 7) is 6.47. The van der Waals surface area contributed by atoms with Crippen molar-refractivity contribution >= 4 is 10.9 Å². The summed E-state index contributed by atoms with van der Waals surface area (Å²) >= 11 is 0. The third-order valence-corrected chi connectivity index (χ3v) is 3.83. The Morgan fingerprint density at radius 1 is 1.00 bits per heavy atom. The number of phenolic OH excluding ortho intramolecular Hbond substituents is 1. The lowest BCUT2D eigenvalue weighted by atomic mass is 10.0. The van der Waals surface area contributed by atoms with Gasteiger partial charge in [0.15, 0.2) is 0 Å². The predicted octanol–water partition coefficient (Wildman–Crippen LogP) is 4.77. The SMILES string of the molecule is Cc1cn(-c2ccc(C(C)C)cc2)c2ccc(O)cc12. The molecule has 0 aliphatic rings. The van der Waals surface area contributed by atoms with Crippen molar-refractivity contribution in [2.75, 3.05) is 0 Å². The lowest BCUT2D eigenvalue weighted by molar-refractivity contribution is 0.476. The van der Waals surface area contributed by atoms with E-state index in [1.807, 2.05) is 12.1 Å². The van der Waals surface area contributed by atoms with Crippen LogP contribution in [-0.2, 0) is 0 Å². The van der Waals surface area contributed by atoms with Crippen molar-refractivity contribution in [2.24, 2.45) is 0 Å². The fourth-order valence-electron chi connectivity index (χ4n) is 2.62. The summed E-state index contributed by atoms with van der Waals surface area (Å²) in [6.07, 6.45) is 2.12. The molecule has 0 radical (unpaired) electrons. The van der Waals surface area contributed by atoms with Crippen LogP contribution < -0.4 is 0 Å². The van der Waals surface area contributed by atoms with E-state index in [0.29, 0.717) is 11.7 Å². The van der Waals surface area contributed by atoms with E-state index in [9.17, 15) is 5.11 Å². The molecule has 0 aliphatic heterocycles. The van der Waals surface area contributed by atoms with E-state index in [2.05, 4.69) is 55.8 Å². The Hall–Kier alpha value is -2.22. The van der Waals surface area contributed by atoms with Crippen molar-refractivity contribution in [2.45, 2.75) is 26.7 Å². The molecule has 0 amide bonds. The van der Waals surface area contributed by atoms with Crippen molar-refractivity contribution in [3.05, 3.63) is 59.8 Å². The maximum atomic E-state index is 9.62. The second-order valence-corrected chi connectivity index (χ2v) is 5.63. The first-order valence-electron chi connectivity index (χ1n) is 6.97. The Morgan fingerprint density at radius 2 is 1.70 bits per heavy atom. The molecule has 2 aromatic carbocycles. The van der Waals surface area contributed by atoms with Crippen LogP contribution in [0.25, 0.3) is 16.6 Å². The van der Waals surface area contributed by atoms with Crippen LogP contribution in [0, 0.1) is 6.92 Å². The van der Waals surface area contributed by atoms with Crippen LogP contribution in [-0.4, -0.2) is 9.67 Å². The van der Waals surface area contributed by atoms with Gasteiger partial charge in [0, 0.05) is 17.3 Å². The van der Waals surface area contributed by atoms with Crippen molar-refractivity contribution in [3.63, 3.8) is 0 Å². The molecule has 20 heavy (non-hydrogen) atoms. The van der Waals surface area contributed by atoms with Gasteiger partial charge in [0.1, 0.15) is 5.75 Å². The zero-order valence-corrected chi connectivity index (χ0v) is 12.1. The Bertz CT molecular complexity index is 751. The number of fused-ring (bicyclic) bond motifs is 1. The zero-order valence-electron chi connectivity index (χ0n) is 12.1. The van der Waals surface area contributed by atoms with E-state index in [1.165, 1.54) is 11.1 Å².